The van der Waals surface area contributed by atoms with Crippen LogP contribution in [0.15, 0.2) is 6.07 Å². The number of hydrogen-bond donors (Lipinski definition) is 1. The Kier molecular flexibility index (Phi) is 6.50. The number of nitrogens with one attached hydrogen (secondary N) is 1. The number of carbonyl (C=O) groups excluding carboxylic acids is 2. The minimum Gasteiger partial charge on any atom is -0.471 e. The fourth-order valence-corrected chi connectivity index (χ4v) is 4.84. The number of amides is 2. The molecule has 1 N–H and O–H groups in total. The number of ether oxygens (including phenoxy) is 2. The number of fused-ring (bicyclic) bond motifs is 1. The number of halogens is 2. The van der Waals surface area contributed by atoms with Crippen LogP contribution in [0.5, 0.6) is 5.88 Å². The zero-order chi connectivity index (χ0) is 24.8. The maximum Gasteiger partial charge on any atom is 0.413 e. The van der Waals surface area contributed by atoms with E-state index in [4.69, 9.17) is 9.47 Å². The van der Waals surface area contributed by atoms with Crippen molar-refractivity contribution in [3.63, 3.8) is 0 Å². The third-order valence-electron chi connectivity index (χ3n) is 5.66. The standard InChI is InChI=1S/C23H28F2N4O4S/c1-11-18(34-21(26-11)28-22(31)33-23(3,4)5)15-8-14-9-29(12(2)13-6-7-13)20(30)17(14)19(27-15)32-10-16(24)25/h8,12-13,16H,6-7,9-10H2,1-5H3,(H,26,28,31)/t12-/m0/s1. The van der Waals surface area contributed by atoms with Crippen molar-refractivity contribution >= 4 is 28.5 Å². The first-order valence-electron chi connectivity index (χ1n) is 11.2. The highest BCUT2D eigenvalue weighted by atomic mass is 32.1. The maximum absolute atomic E-state index is 13.1. The molecule has 0 unspecified atom stereocenters. The van der Waals surface area contributed by atoms with Gasteiger partial charge in [-0.3, -0.25) is 10.1 Å². The van der Waals surface area contributed by atoms with Crippen molar-refractivity contribution in [2.45, 2.75) is 72.1 Å². The van der Waals surface area contributed by atoms with E-state index in [1.165, 1.54) is 11.3 Å². The summed E-state index contributed by atoms with van der Waals surface area (Å²) in [4.78, 5) is 36.5. The van der Waals surface area contributed by atoms with Gasteiger partial charge in [-0.15, -0.1) is 0 Å². The lowest BCUT2D eigenvalue weighted by Crippen LogP contribution is -2.34. The largest absolute Gasteiger partial charge is 0.471 e. The quantitative estimate of drug-likeness (QED) is 0.564. The molecule has 184 valence electrons. The first-order chi connectivity index (χ1) is 15.9. The average molecular weight is 495 g/mol. The molecule has 4 rings (SSSR count). The fraction of sp³-hybridized carbons (Fsp3) is 0.565. The van der Waals surface area contributed by atoms with Crippen LogP contribution in [0.25, 0.3) is 10.6 Å². The smallest absolute Gasteiger partial charge is 0.413 e. The molecule has 2 aliphatic rings. The second-order valence-corrected chi connectivity index (χ2v) is 10.6. The minimum absolute atomic E-state index is 0.0565. The predicted molar refractivity (Wildman–Crippen MR) is 123 cm³/mol. The highest BCUT2D eigenvalue weighted by Gasteiger charge is 2.41. The molecule has 1 atom stereocenters. The number of pyridine rings is 1. The van der Waals surface area contributed by atoms with Crippen LogP contribution >= 0.6 is 11.3 Å². The van der Waals surface area contributed by atoms with E-state index in [0.717, 1.165) is 12.8 Å². The minimum atomic E-state index is -2.70. The number of nitrogens with zero attached hydrogens (tertiary/aromatic N) is 3. The van der Waals surface area contributed by atoms with E-state index in [-0.39, 0.29) is 23.4 Å². The van der Waals surface area contributed by atoms with E-state index >= 15 is 0 Å². The molecule has 1 saturated carbocycles. The lowest BCUT2D eigenvalue weighted by molar-refractivity contribution is 0.0634. The molecule has 0 radical (unpaired) electrons. The Morgan fingerprint density at radius 3 is 2.65 bits per heavy atom. The molecule has 0 bridgehead atoms. The van der Waals surface area contributed by atoms with E-state index < -0.39 is 24.7 Å². The summed E-state index contributed by atoms with van der Waals surface area (Å²) in [5.41, 5.74) is 1.31. The Bertz CT molecular complexity index is 1110. The molecule has 3 heterocycles. The van der Waals surface area contributed by atoms with E-state index in [0.29, 0.717) is 39.4 Å². The summed E-state index contributed by atoms with van der Waals surface area (Å²) in [6.07, 6.45) is -1.18. The molecule has 2 aromatic rings. The number of aromatic nitrogens is 2. The van der Waals surface area contributed by atoms with Gasteiger partial charge in [0, 0.05) is 12.6 Å². The van der Waals surface area contributed by atoms with Crippen LogP contribution < -0.4 is 10.1 Å². The summed E-state index contributed by atoms with van der Waals surface area (Å²) in [6.45, 7) is 8.55. The third-order valence-corrected chi connectivity index (χ3v) is 6.76. The van der Waals surface area contributed by atoms with Crippen LogP contribution in [0.2, 0.25) is 0 Å². The Morgan fingerprint density at radius 2 is 2.03 bits per heavy atom. The molecule has 2 aromatic heterocycles. The van der Waals surface area contributed by atoms with Crippen molar-refractivity contribution < 1.29 is 27.8 Å². The SMILES string of the molecule is Cc1nc(NC(=O)OC(C)(C)C)sc1-c1cc2c(c(OCC(F)F)n1)C(=O)N([C@@H](C)C1CC1)C2. The number of hydrogen-bond acceptors (Lipinski definition) is 7. The zero-order valence-corrected chi connectivity index (χ0v) is 20.6. The van der Waals surface area contributed by atoms with E-state index in [1.807, 2.05) is 6.92 Å². The molecule has 1 fully saturated rings. The van der Waals surface area contributed by atoms with Gasteiger partial charge in [-0.25, -0.2) is 23.5 Å². The summed E-state index contributed by atoms with van der Waals surface area (Å²) in [5, 5.41) is 2.93. The zero-order valence-electron chi connectivity index (χ0n) is 19.8. The number of anilines is 1. The molecule has 11 heteroatoms. The highest BCUT2D eigenvalue weighted by Crippen LogP contribution is 2.42. The highest BCUT2D eigenvalue weighted by molar-refractivity contribution is 7.19. The van der Waals surface area contributed by atoms with Gasteiger partial charge in [-0.2, -0.15) is 0 Å². The molecule has 0 saturated heterocycles. The first kappa shape index (κ1) is 24.3. The van der Waals surface area contributed by atoms with Crippen LogP contribution in [0.3, 0.4) is 0 Å². The molecule has 0 aromatic carbocycles. The lowest BCUT2D eigenvalue weighted by atomic mass is 10.1. The van der Waals surface area contributed by atoms with Gasteiger partial charge >= 0.3 is 6.09 Å². The van der Waals surface area contributed by atoms with Crippen molar-refractivity contribution in [2.24, 2.45) is 5.92 Å². The third kappa shape index (κ3) is 5.29. The van der Waals surface area contributed by atoms with Gasteiger partial charge in [0.2, 0.25) is 5.88 Å². The molecule has 0 spiro atoms. The second kappa shape index (κ2) is 9.09. The normalized spacial score (nSPS) is 16.6. The lowest BCUT2D eigenvalue weighted by Gasteiger charge is -2.23. The summed E-state index contributed by atoms with van der Waals surface area (Å²) in [5.74, 6) is 0.116. The van der Waals surface area contributed by atoms with E-state index in [9.17, 15) is 18.4 Å². The molecular formula is C23H28F2N4O4S. The summed E-state index contributed by atoms with van der Waals surface area (Å²) in [7, 11) is 0. The molecule has 2 amide bonds. The van der Waals surface area contributed by atoms with Crippen LogP contribution in [0.4, 0.5) is 18.7 Å². The van der Waals surface area contributed by atoms with Crippen molar-refractivity contribution in [1.82, 2.24) is 14.9 Å². The van der Waals surface area contributed by atoms with Crippen molar-refractivity contribution in [3.8, 4) is 16.5 Å². The van der Waals surface area contributed by atoms with Crippen LogP contribution in [0, 0.1) is 12.8 Å². The number of aryl methyl sites for hydroxylation is 1. The molecule has 1 aliphatic heterocycles. The Morgan fingerprint density at radius 1 is 1.32 bits per heavy atom. The monoisotopic (exact) mass is 494 g/mol. The van der Waals surface area contributed by atoms with E-state index in [1.54, 1.807) is 38.7 Å². The van der Waals surface area contributed by atoms with Crippen LogP contribution in [-0.4, -0.2) is 51.5 Å². The van der Waals surface area contributed by atoms with Gasteiger partial charge in [0.15, 0.2) is 11.7 Å². The van der Waals surface area contributed by atoms with Gasteiger partial charge in [0.05, 0.1) is 16.3 Å². The van der Waals surface area contributed by atoms with Gasteiger partial charge in [-0.1, -0.05) is 11.3 Å². The number of carbonyl (C=O) groups is 2. The van der Waals surface area contributed by atoms with Crippen molar-refractivity contribution in [2.75, 3.05) is 11.9 Å². The van der Waals surface area contributed by atoms with Crippen molar-refractivity contribution in [3.05, 3.63) is 22.9 Å². The Hall–Kier alpha value is -2.82. The Labute approximate surface area is 200 Å². The van der Waals surface area contributed by atoms with Gasteiger partial charge in [-0.05, 0) is 65.0 Å². The number of rotatable bonds is 7. The van der Waals surface area contributed by atoms with E-state index in [2.05, 4.69) is 15.3 Å². The molecule has 34 heavy (non-hydrogen) atoms. The van der Waals surface area contributed by atoms with Crippen LogP contribution in [0.1, 0.15) is 62.2 Å². The topological polar surface area (TPSA) is 93.6 Å². The summed E-state index contributed by atoms with van der Waals surface area (Å²) < 4.78 is 36.4. The molecule has 8 nitrogen and oxygen atoms in total. The Balaban J connectivity index is 1.65. The average Bonchev–Trinajstić information content (AvgIpc) is 3.43. The predicted octanol–water partition coefficient (Wildman–Crippen LogP) is 5.26. The second-order valence-electron chi connectivity index (χ2n) is 9.62. The molecule has 1 aliphatic carbocycles. The maximum atomic E-state index is 13.1. The number of alkyl halides is 2. The fourth-order valence-electron chi connectivity index (χ4n) is 3.93. The first-order valence-corrected chi connectivity index (χ1v) is 12.0. The van der Waals surface area contributed by atoms with Gasteiger partial charge in [0.1, 0.15) is 11.2 Å². The van der Waals surface area contributed by atoms with Gasteiger partial charge in [0.25, 0.3) is 12.3 Å². The summed E-state index contributed by atoms with van der Waals surface area (Å²) >= 11 is 1.18. The van der Waals surface area contributed by atoms with Crippen LogP contribution in [-0.2, 0) is 11.3 Å². The molecular weight excluding hydrogens is 466 g/mol. The van der Waals surface area contributed by atoms with Gasteiger partial charge < -0.3 is 14.4 Å². The summed E-state index contributed by atoms with van der Waals surface area (Å²) in [6, 6.07) is 1.83. The van der Waals surface area contributed by atoms with Crippen molar-refractivity contribution in [1.29, 1.82) is 0 Å². The number of thiazole rings is 1.